The molecule has 0 saturated carbocycles. The summed E-state index contributed by atoms with van der Waals surface area (Å²) in [5.74, 6) is -0.519. The summed E-state index contributed by atoms with van der Waals surface area (Å²) in [6, 6.07) is 3.24. The summed E-state index contributed by atoms with van der Waals surface area (Å²) in [4.78, 5) is 11.3. The van der Waals surface area contributed by atoms with Crippen LogP contribution in [0.3, 0.4) is 0 Å². The van der Waals surface area contributed by atoms with Crippen LogP contribution < -0.4 is 4.73 Å². The van der Waals surface area contributed by atoms with Gasteiger partial charge in [-0.15, -0.1) is 0 Å². The number of halogens is 1. The molecule has 15 heavy (non-hydrogen) atoms. The average molecular weight is 274 g/mol. The van der Waals surface area contributed by atoms with E-state index in [1.54, 1.807) is 12.1 Å². The van der Waals surface area contributed by atoms with Crippen molar-refractivity contribution in [1.82, 2.24) is 0 Å². The van der Waals surface area contributed by atoms with Crippen LogP contribution in [0.1, 0.15) is 29.4 Å². The van der Waals surface area contributed by atoms with Crippen molar-refractivity contribution >= 4 is 21.9 Å². The van der Waals surface area contributed by atoms with Crippen molar-refractivity contribution in [2.45, 2.75) is 19.8 Å². The Bertz CT molecular complexity index is 379. The van der Waals surface area contributed by atoms with Crippen molar-refractivity contribution in [3.8, 4) is 0 Å². The van der Waals surface area contributed by atoms with Crippen molar-refractivity contribution in [3.05, 3.63) is 33.2 Å². The second kappa shape index (κ2) is 5.11. The van der Waals surface area contributed by atoms with Crippen LogP contribution in [0.15, 0.2) is 16.7 Å². The Labute approximate surface area is 96.6 Å². The zero-order valence-electron chi connectivity index (χ0n) is 8.62. The molecule has 82 valence electrons. The monoisotopic (exact) mass is 273 g/mol. The zero-order chi connectivity index (χ0) is 11.4. The molecular weight excluding hydrogens is 262 g/mol. The number of hydrogen-bond acceptors (Lipinski definition) is 3. The van der Waals surface area contributed by atoms with Gasteiger partial charge in [-0.2, -0.15) is 4.73 Å². The summed E-state index contributed by atoms with van der Waals surface area (Å²) in [5.41, 5.74) is 0.879. The van der Waals surface area contributed by atoms with E-state index in [0.29, 0.717) is 12.1 Å². The third-order valence-electron chi connectivity index (χ3n) is 2.02. The lowest BCUT2D eigenvalue weighted by Crippen LogP contribution is -2.35. The Hall–Kier alpha value is -1.10. The van der Waals surface area contributed by atoms with Gasteiger partial charge in [0.15, 0.2) is 5.69 Å². The third-order valence-corrected chi connectivity index (χ3v) is 2.76. The molecule has 1 aromatic heterocycles. The molecule has 0 saturated heterocycles. The van der Waals surface area contributed by atoms with E-state index in [4.69, 9.17) is 0 Å². The lowest BCUT2D eigenvalue weighted by atomic mass is 10.2. The molecule has 0 radical (unpaired) electrons. The van der Waals surface area contributed by atoms with E-state index in [-0.39, 0.29) is 10.2 Å². The maximum atomic E-state index is 11.7. The van der Waals surface area contributed by atoms with Gasteiger partial charge in [0.25, 0.3) is 4.60 Å². The van der Waals surface area contributed by atoms with Crippen molar-refractivity contribution < 1.29 is 14.3 Å². The third kappa shape index (κ3) is 2.47. The van der Waals surface area contributed by atoms with Gasteiger partial charge in [0.2, 0.25) is 0 Å². The molecule has 0 atom stereocenters. The first-order valence-electron chi connectivity index (χ1n) is 4.61. The van der Waals surface area contributed by atoms with E-state index < -0.39 is 5.97 Å². The van der Waals surface area contributed by atoms with E-state index in [1.165, 1.54) is 7.11 Å². The predicted octanol–water partition coefficient (Wildman–Crippen LogP) is 1.82. The van der Waals surface area contributed by atoms with Crippen LogP contribution in [0.2, 0.25) is 0 Å². The lowest BCUT2D eigenvalue weighted by Gasteiger charge is -2.07. The maximum absolute atomic E-state index is 11.7. The predicted molar refractivity (Wildman–Crippen MR) is 58.4 cm³/mol. The Morgan fingerprint density at radius 2 is 2.27 bits per heavy atom. The minimum atomic E-state index is -0.519. The molecule has 1 aromatic rings. The molecule has 1 heterocycles. The van der Waals surface area contributed by atoms with E-state index in [2.05, 4.69) is 20.7 Å². The fraction of sp³-hybridized carbons (Fsp3) is 0.400. The van der Waals surface area contributed by atoms with Gasteiger partial charge >= 0.3 is 5.97 Å². The Morgan fingerprint density at radius 1 is 1.60 bits per heavy atom. The quantitative estimate of drug-likeness (QED) is 0.365. The first-order chi connectivity index (χ1) is 7.11. The van der Waals surface area contributed by atoms with Crippen molar-refractivity contribution in [1.29, 1.82) is 0 Å². The molecule has 0 aromatic carbocycles. The van der Waals surface area contributed by atoms with Crippen molar-refractivity contribution in [2.24, 2.45) is 0 Å². The van der Waals surface area contributed by atoms with Gasteiger partial charge in [-0.3, -0.25) is 0 Å². The molecule has 0 aliphatic carbocycles. The lowest BCUT2D eigenvalue weighted by molar-refractivity contribution is -0.625. The number of carbonyl (C=O) groups excluding carboxylic acids is 1. The summed E-state index contributed by atoms with van der Waals surface area (Å²) < 4.78 is 5.48. The second-order valence-corrected chi connectivity index (χ2v) is 3.82. The standard InChI is InChI=1S/C10H12BrNO3/c1-3-4-7-5-6-8(10(13)15-2)9(11)12(7)14/h5-6H,3-4H2,1-2H3. The Morgan fingerprint density at radius 3 is 2.80 bits per heavy atom. The minimum absolute atomic E-state index is 0.209. The molecule has 0 fully saturated rings. The largest absolute Gasteiger partial charge is 0.618 e. The highest BCUT2D eigenvalue weighted by Crippen LogP contribution is 2.14. The molecule has 1 rings (SSSR count). The van der Waals surface area contributed by atoms with Crippen molar-refractivity contribution in [2.75, 3.05) is 7.11 Å². The van der Waals surface area contributed by atoms with Gasteiger partial charge in [0.05, 0.1) is 7.11 Å². The molecule has 0 amide bonds. The number of nitrogens with zero attached hydrogens (tertiary/aromatic N) is 1. The molecule has 0 bridgehead atoms. The number of methoxy groups -OCH3 is 1. The Kier molecular flexibility index (Phi) is 4.08. The Balaban J connectivity index is 3.15. The number of rotatable bonds is 3. The average Bonchev–Trinajstić information content (AvgIpc) is 2.24. The highest BCUT2D eigenvalue weighted by atomic mass is 79.9. The maximum Gasteiger partial charge on any atom is 0.345 e. The van der Waals surface area contributed by atoms with Crippen LogP contribution in [-0.4, -0.2) is 13.1 Å². The first-order valence-corrected chi connectivity index (χ1v) is 5.40. The van der Waals surface area contributed by atoms with E-state index in [9.17, 15) is 10.0 Å². The molecule has 5 heteroatoms. The van der Waals surface area contributed by atoms with Crippen LogP contribution in [0.25, 0.3) is 0 Å². The van der Waals surface area contributed by atoms with Gasteiger partial charge in [0.1, 0.15) is 5.56 Å². The summed E-state index contributed by atoms with van der Waals surface area (Å²) in [7, 11) is 1.28. The number of carbonyl (C=O) groups is 1. The van der Waals surface area contributed by atoms with Gasteiger partial charge in [-0.25, -0.2) is 4.79 Å². The van der Waals surface area contributed by atoms with Crippen LogP contribution >= 0.6 is 15.9 Å². The van der Waals surface area contributed by atoms with Gasteiger partial charge in [0, 0.05) is 28.4 Å². The van der Waals surface area contributed by atoms with Crippen molar-refractivity contribution in [3.63, 3.8) is 0 Å². The fourth-order valence-electron chi connectivity index (χ4n) is 1.25. The molecule has 0 aliphatic heterocycles. The summed E-state index contributed by atoms with van der Waals surface area (Å²) in [6.07, 6.45) is 1.57. The number of aromatic nitrogens is 1. The van der Waals surface area contributed by atoms with Gasteiger partial charge in [-0.05, 0) is 12.5 Å². The molecular formula is C10H12BrNO3. The van der Waals surface area contributed by atoms with Gasteiger partial charge < -0.3 is 9.94 Å². The smallest absolute Gasteiger partial charge is 0.345 e. The number of pyridine rings is 1. The highest BCUT2D eigenvalue weighted by Gasteiger charge is 2.19. The van der Waals surface area contributed by atoms with Crippen LogP contribution in [0.4, 0.5) is 0 Å². The topological polar surface area (TPSA) is 53.2 Å². The van der Waals surface area contributed by atoms with E-state index in [1.807, 2.05) is 6.92 Å². The number of aryl methyl sites for hydroxylation is 1. The summed E-state index contributed by atoms with van der Waals surface area (Å²) in [6.45, 7) is 1.99. The SMILES string of the molecule is CCCc1ccc(C(=O)OC)c(Br)[n+]1[O-]. The second-order valence-electron chi connectivity index (χ2n) is 3.07. The highest BCUT2D eigenvalue weighted by molar-refractivity contribution is 9.10. The summed E-state index contributed by atoms with van der Waals surface area (Å²) >= 11 is 3.09. The van der Waals surface area contributed by atoms with Crippen LogP contribution in [0.5, 0.6) is 0 Å². The van der Waals surface area contributed by atoms with E-state index in [0.717, 1.165) is 11.2 Å². The minimum Gasteiger partial charge on any atom is -0.618 e. The fourth-order valence-corrected chi connectivity index (χ4v) is 1.78. The molecule has 0 unspecified atom stereocenters. The first kappa shape index (κ1) is 12.0. The number of esters is 1. The normalized spacial score (nSPS) is 10.1. The molecule has 4 nitrogen and oxygen atoms in total. The molecule has 0 aliphatic rings. The van der Waals surface area contributed by atoms with Gasteiger partial charge in [-0.1, -0.05) is 6.92 Å². The molecule has 0 N–H and O–H groups in total. The molecule has 0 spiro atoms. The summed E-state index contributed by atoms with van der Waals surface area (Å²) in [5, 5.41) is 11.7. The van der Waals surface area contributed by atoms with E-state index >= 15 is 0 Å². The van der Waals surface area contributed by atoms with Crippen LogP contribution in [0, 0.1) is 5.21 Å². The van der Waals surface area contributed by atoms with Crippen LogP contribution in [-0.2, 0) is 11.2 Å². The number of ether oxygens (including phenoxy) is 1. The number of hydrogen-bond donors (Lipinski definition) is 0. The zero-order valence-corrected chi connectivity index (χ0v) is 10.2.